The van der Waals surface area contributed by atoms with Crippen molar-refractivity contribution >= 4 is 22.6 Å². The van der Waals surface area contributed by atoms with E-state index >= 15 is 0 Å². The molecule has 0 unspecified atom stereocenters. The zero-order valence-corrected chi connectivity index (χ0v) is 20.0. The summed E-state index contributed by atoms with van der Waals surface area (Å²) in [5.74, 6) is 0.250. The number of nitrogen functional groups attached to an aromatic ring is 1. The molecule has 10 heteroatoms. The lowest BCUT2D eigenvalue weighted by Crippen LogP contribution is -2.47. The molecular weight excluding hydrogens is 473 g/mol. The number of hydrogen-bond donors (Lipinski definition) is 1. The van der Waals surface area contributed by atoms with Crippen LogP contribution < -0.4 is 5.73 Å². The molecule has 2 aliphatic heterocycles. The lowest BCUT2D eigenvalue weighted by atomic mass is 9.94. The van der Waals surface area contributed by atoms with Crippen molar-refractivity contribution < 1.29 is 27.4 Å². The van der Waals surface area contributed by atoms with Crippen LogP contribution in [0.15, 0.2) is 36.5 Å². The number of nitrogens with two attached hydrogens (primary N) is 1. The summed E-state index contributed by atoms with van der Waals surface area (Å²) in [5, 5.41) is 0.807. The Bertz CT molecular complexity index is 1300. The van der Waals surface area contributed by atoms with Crippen molar-refractivity contribution in [3.8, 4) is 0 Å². The SMILES string of the molecule is C[C@H]1OCc2c1c(N)nc1ccc(C(=O)N(Cc3ccc(C(F)(F)F)cn3)[C@@H]3CCOC[C@@H]3C)cc21. The number of fused-ring (bicyclic) bond motifs is 3. The number of carbonyl (C=O) groups is 1. The van der Waals surface area contributed by atoms with Crippen molar-refractivity contribution in [1.82, 2.24) is 14.9 Å². The fraction of sp³-hybridized carbons (Fsp3) is 0.423. The number of alkyl halides is 3. The molecule has 2 aromatic heterocycles. The molecule has 36 heavy (non-hydrogen) atoms. The van der Waals surface area contributed by atoms with E-state index in [1.165, 1.54) is 6.07 Å². The van der Waals surface area contributed by atoms with Crippen molar-refractivity contribution in [3.63, 3.8) is 0 Å². The van der Waals surface area contributed by atoms with Gasteiger partial charge in [-0.05, 0) is 49.2 Å². The maximum atomic E-state index is 13.9. The standard InChI is InChI=1S/C26H27F3N4O3/c1-14-12-35-8-7-22(14)33(11-18-5-4-17(10-31-18)26(27,28)29)25(34)16-3-6-21-19(9-16)20-13-36-15(2)23(20)24(30)32-21/h3-6,9-10,14-15,22H,7-8,11-13H2,1-2H3,(H2,30,32)/t14-,15+,22+/m0/s1. The Balaban J connectivity index is 1.51. The van der Waals surface area contributed by atoms with Gasteiger partial charge in [0.1, 0.15) is 5.82 Å². The van der Waals surface area contributed by atoms with Crippen molar-refractivity contribution in [2.75, 3.05) is 18.9 Å². The number of anilines is 1. The third-order valence-electron chi connectivity index (χ3n) is 7.04. The quantitative estimate of drug-likeness (QED) is 0.549. The van der Waals surface area contributed by atoms with Crippen molar-refractivity contribution in [3.05, 3.63) is 64.5 Å². The molecule has 0 radical (unpaired) electrons. The number of hydrogen-bond acceptors (Lipinski definition) is 6. The van der Waals surface area contributed by atoms with E-state index in [1.54, 1.807) is 17.0 Å². The molecular formula is C26H27F3N4O3. The summed E-state index contributed by atoms with van der Waals surface area (Å²) in [7, 11) is 0. The minimum atomic E-state index is -4.47. The van der Waals surface area contributed by atoms with Gasteiger partial charge in [0.2, 0.25) is 0 Å². The predicted molar refractivity (Wildman–Crippen MR) is 127 cm³/mol. The molecule has 4 heterocycles. The molecule has 7 nitrogen and oxygen atoms in total. The smallest absolute Gasteiger partial charge is 0.383 e. The molecule has 1 aromatic carbocycles. The molecule has 1 fully saturated rings. The molecule has 2 aliphatic rings. The summed E-state index contributed by atoms with van der Waals surface area (Å²) in [4.78, 5) is 24.1. The van der Waals surface area contributed by atoms with E-state index in [9.17, 15) is 18.0 Å². The van der Waals surface area contributed by atoms with E-state index in [1.807, 2.05) is 19.9 Å². The third kappa shape index (κ3) is 4.51. The van der Waals surface area contributed by atoms with Crippen LogP contribution in [0.3, 0.4) is 0 Å². The third-order valence-corrected chi connectivity index (χ3v) is 7.04. The first-order valence-corrected chi connectivity index (χ1v) is 11.9. The van der Waals surface area contributed by atoms with Gasteiger partial charge in [-0.25, -0.2) is 4.98 Å². The molecule has 2 N–H and O–H groups in total. The molecule has 3 aromatic rings. The van der Waals surface area contributed by atoms with Gasteiger partial charge < -0.3 is 20.1 Å². The summed E-state index contributed by atoms with van der Waals surface area (Å²) in [6.45, 7) is 5.39. The minimum absolute atomic E-state index is 0.0533. The number of nitrogens with zero attached hydrogens (tertiary/aromatic N) is 3. The van der Waals surface area contributed by atoms with Crippen LogP contribution in [0.25, 0.3) is 10.9 Å². The first kappa shape index (κ1) is 24.5. The number of rotatable bonds is 4. The summed E-state index contributed by atoms with van der Waals surface area (Å²) in [6, 6.07) is 7.46. The minimum Gasteiger partial charge on any atom is -0.383 e. The van der Waals surface area contributed by atoms with Crippen LogP contribution in [0, 0.1) is 5.92 Å². The zero-order chi connectivity index (χ0) is 25.6. The predicted octanol–water partition coefficient (Wildman–Crippen LogP) is 4.89. The first-order chi connectivity index (χ1) is 17.1. The van der Waals surface area contributed by atoms with Crippen molar-refractivity contribution in [2.24, 2.45) is 5.92 Å². The molecule has 0 saturated carbocycles. The Morgan fingerprint density at radius 1 is 1.22 bits per heavy atom. The normalized spacial score (nSPS) is 22.0. The summed E-state index contributed by atoms with van der Waals surface area (Å²) >= 11 is 0. The molecule has 1 amide bonds. The number of ether oxygens (including phenoxy) is 2. The van der Waals surface area contributed by atoms with Gasteiger partial charge in [0.15, 0.2) is 0 Å². The lowest BCUT2D eigenvalue weighted by Gasteiger charge is -2.38. The van der Waals surface area contributed by atoms with Crippen molar-refractivity contribution in [2.45, 2.75) is 51.7 Å². The van der Waals surface area contributed by atoms with Crippen LogP contribution in [0.4, 0.5) is 19.0 Å². The molecule has 1 saturated heterocycles. The fourth-order valence-electron chi connectivity index (χ4n) is 5.10. The second kappa shape index (κ2) is 9.33. The topological polar surface area (TPSA) is 90.6 Å². The first-order valence-electron chi connectivity index (χ1n) is 11.9. The van der Waals surface area contributed by atoms with E-state index in [0.29, 0.717) is 48.8 Å². The van der Waals surface area contributed by atoms with Gasteiger partial charge in [-0.3, -0.25) is 9.78 Å². The van der Waals surface area contributed by atoms with Crippen LogP contribution in [0.5, 0.6) is 0 Å². The number of benzene rings is 1. The maximum Gasteiger partial charge on any atom is 0.417 e. The van der Waals surface area contributed by atoms with Crippen LogP contribution in [-0.2, 0) is 28.8 Å². The van der Waals surface area contributed by atoms with Gasteiger partial charge >= 0.3 is 6.18 Å². The number of aromatic nitrogens is 2. The van der Waals surface area contributed by atoms with E-state index in [4.69, 9.17) is 15.2 Å². The van der Waals surface area contributed by atoms with Crippen LogP contribution in [0.1, 0.15) is 59.1 Å². The summed E-state index contributed by atoms with van der Waals surface area (Å²) in [5.41, 5.74) is 8.62. The Morgan fingerprint density at radius 3 is 2.72 bits per heavy atom. The summed E-state index contributed by atoms with van der Waals surface area (Å²) in [6.07, 6.45) is -3.22. The highest BCUT2D eigenvalue weighted by molar-refractivity contribution is 5.99. The molecule has 0 aliphatic carbocycles. The molecule has 0 bridgehead atoms. The molecule has 0 spiro atoms. The fourth-order valence-corrected chi connectivity index (χ4v) is 5.10. The average molecular weight is 501 g/mol. The molecule has 5 rings (SSSR count). The van der Waals surface area contributed by atoms with Gasteiger partial charge in [0.25, 0.3) is 5.91 Å². The highest BCUT2D eigenvalue weighted by Gasteiger charge is 2.34. The number of carbonyl (C=O) groups excluding carboxylic acids is 1. The van der Waals surface area contributed by atoms with Crippen molar-refractivity contribution in [1.29, 1.82) is 0 Å². The van der Waals surface area contributed by atoms with Gasteiger partial charge in [-0.2, -0.15) is 13.2 Å². The van der Waals surface area contributed by atoms with Crippen LogP contribution >= 0.6 is 0 Å². The van der Waals surface area contributed by atoms with Gasteiger partial charge in [0.05, 0.1) is 42.6 Å². The number of halogens is 3. The largest absolute Gasteiger partial charge is 0.417 e. The average Bonchev–Trinajstić information content (AvgIpc) is 3.25. The Kier molecular flexibility index (Phi) is 6.34. The number of amides is 1. The molecule has 3 atom stereocenters. The summed E-state index contributed by atoms with van der Waals surface area (Å²) < 4.78 is 50.3. The Hall–Kier alpha value is -3.24. The second-order valence-electron chi connectivity index (χ2n) is 9.45. The van der Waals surface area contributed by atoms with Gasteiger partial charge in [-0.1, -0.05) is 6.92 Å². The van der Waals surface area contributed by atoms with Gasteiger partial charge in [0, 0.05) is 41.3 Å². The molecule has 190 valence electrons. The highest BCUT2D eigenvalue weighted by Crippen LogP contribution is 2.38. The maximum absolute atomic E-state index is 13.9. The van der Waals surface area contributed by atoms with E-state index in [2.05, 4.69) is 9.97 Å². The van der Waals surface area contributed by atoms with Gasteiger partial charge in [-0.15, -0.1) is 0 Å². The van der Waals surface area contributed by atoms with E-state index in [0.717, 1.165) is 28.8 Å². The second-order valence-corrected chi connectivity index (χ2v) is 9.45. The zero-order valence-electron chi connectivity index (χ0n) is 20.0. The Morgan fingerprint density at radius 2 is 2.03 bits per heavy atom. The van der Waals surface area contributed by atoms with E-state index in [-0.39, 0.29) is 30.5 Å². The monoisotopic (exact) mass is 500 g/mol. The Labute approximate surface area is 206 Å². The number of pyridine rings is 2. The van der Waals surface area contributed by atoms with E-state index < -0.39 is 11.7 Å². The van der Waals surface area contributed by atoms with Crippen LogP contribution in [-0.4, -0.2) is 40.0 Å². The van der Waals surface area contributed by atoms with Crippen LogP contribution in [0.2, 0.25) is 0 Å². The lowest BCUT2D eigenvalue weighted by molar-refractivity contribution is -0.137. The highest BCUT2D eigenvalue weighted by atomic mass is 19.4.